The van der Waals surface area contributed by atoms with Gasteiger partial charge in [0.05, 0.1) is 18.0 Å². The van der Waals surface area contributed by atoms with Crippen molar-refractivity contribution >= 4 is 16.3 Å². The number of imidazole rings is 1. The molecule has 0 atom stereocenters. The molecule has 2 aromatic rings. The van der Waals surface area contributed by atoms with Crippen molar-refractivity contribution in [2.75, 3.05) is 7.11 Å². The number of fused-ring (bicyclic) bond motifs is 3. The average Bonchev–Trinajstić information content (AvgIpc) is 2.80. The number of hydrogen-bond donors (Lipinski definition) is 0. The van der Waals surface area contributed by atoms with Crippen molar-refractivity contribution in [1.82, 2.24) is 9.38 Å². The van der Waals surface area contributed by atoms with Crippen LogP contribution in [0.1, 0.15) is 28.4 Å². The van der Waals surface area contributed by atoms with E-state index in [1.807, 2.05) is 11.3 Å². The molecule has 4 heteroatoms. The topological polar surface area (TPSA) is 26.5 Å². The first-order valence-corrected chi connectivity index (χ1v) is 6.10. The molecule has 2 aromatic heterocycles. The molecule has 0 amide bonds. The molecule has 0 aromatic carbocycles. The molecule has 0 spiro atoms. The molecule has 0 unspecified atom stereocenters. The maximum absolute atomic E-state index is 5.25. The van der Waals surface area contributed by atoms with Crippen LogP contribution in [0, 0.1) is 6.92 Å². The maximum atomic E-state index is 5.25. The van der Waals surface area contributed by atoms with Crippen LogP contribution in [0.25, 0.3) is 4.96 Å². The Kier molecular flexibility index (Phi) is 2.07. The number of hydrogen-bond acceptors (Lipinski definition) is 3. The van der Waals surface area contributed by atoms with Crippen molar-refractivity contribution in [1.29, 1.82) is 0 Å². The van der Waals surface area contributed by atoms with E-state index >= 15 is 0 Å². The monoisotopic (exact) mass is 222 g/mol. The minimum atomic E-state index is 0.663. The summed E-state index contributed by atoms with van der Waals surface area (Å²) in [5.41, 5.74) is 3.81. The van der Waals surface area contributed by atoms with Gasteiger partial charge in [-0.2, -0.15) is 0 Å². The van der Waals surface area contributed by atoms with Gasteiger partial charge >= 0.3 is 0 Å². The Balaban J connectivity index is 2.26. The van der Waals surface area contributed by atoms with Gasteiger partial charge in [-0.05, 0) is 26.2 Å². The van der Waals surface area contributed by atoms with Gasteiger partial charge in [-0.3, -0.25) is 4.40 Å². The fourth-order valence-electron chi connectivity index (χ4n) is 2.34. The van der Waals surface area contributed by atoms with Crippen molar-refractivity contribution in [3.8, 4) is 0 Å². The Labute approximate surface area is 92.7 Å². The second-order valence-electron chi connectivity index (χ2n) is 4.02. The molecular weight excluding hydrogens is 208 g/mol. The summed E-state index contributed by atoms with van der Waals surface area (Å²) in [6.07, 6.45) is 3.72. The molecule has 1 aliphatic carbocycles. The fraction of sp³-hybridized carbons (Fsp3) is 0.545. The van der Waals surface area contributed by atoms with Gasteiger partial charge in [0.2, 0.25) is 0 Å². The van der Waals surface area contributed by atoms with Gasteiger partial charge in [0.15, 0.2) is 4.96 Å². The third-order valence-electron chi connectivity index (χ3n) is 3.05. The van der Waals surface area contributed by atoms with Crippen LogP contribution in [0.4, 0.5) is 0 Å². The summed E-state index contributed by atoms with van der Waals surface area (Å²) >= 11 is 1.84. The van der Waals surface area contributed by atoms with Crippen molar-refractivity contribution in [3.05, 3.63) is 22.0 Å². The molecule has 80 valence electrons. The third-order valence-corrected chi connectivity index (χ3v) is 4.19. The summed E-state index contributed by atoms with van der Waals surface area (Å²) < 4.78 is 7.56. The minimum absolute atomic E-state index is 0.663. The third kappa shape index (κ3) is 1.25. The standard InChI is InChI=1S/C11H14N2OS/c1-7-9(6-14-2)13-8-4-3-5-10(8)15-11(13)12-7/h3-6H2,1-2H3. The van der Waals surface area contributed by atoms with Gasteiger partial charge in [-0.15, -0.1) is 11.3 Å². The van der Waals surface area contributed by atoms with Crippen LogP contribution in [0.15, 0.2) is 0 Å². The van der Waals surface area contributed by atoms with Gasteiger partial charge in [0, 0.05) is 17.7 Å². The zero-order valence-electron chi connectivity index (χ0n) is 9.04. The number of ether oxygens (including phenoxy) is 1. The van der Waals surface area contributed by atoms with E-state index < -0.39 is 0 Å². The van der Waals surface area contributed by atoms with E-state index in [-0.39, 0.29) is 0 Å². The normalized spacial score (nSPS) is 15.1. The van der Waals surface area contributed by atoms with E-state index in [0.717, 1.165) is 10.7 Å². The summed E-state index contributed by atoms with van der Waals surface area (Å²) in [6.45, 7) is 2.73. The summed E-state index contributed by atoms with van der Waals surface area (Å²) in [5, 5.41) is 0. The molecule has 0 aliphatic heterocycles. The quantitative estimate of drug-likeness (QED) is 0.779. The molecule has 2 heterocycles. The maximum Gasteiger partial charge on any atom is 0.194 e. The first-order valence-electron chi connectivity index (χ1n) is 5.28. The van der Waals surface area contributed by atoms with Crippen LogP contribution in [-0.2, 0) is 24.2 Å². The summed E-state index contributed by atoms with van der Waals surface area (Å²) in [6, 6.07) is 0. The predicted octanol–water partition coefficient (Wildman–Crippen LogP) is 2.34. The summed E-state index contributed by atoms with van der Waals surface area (Å²) in [7, 11) is 1.74. The van der Waals surface area contributed by atoms with Crippen molar-refractivity contribution in [3.63, 3.8) is 0 Å². The Bertz CT molecular complexity index is 512. The molecule has 0 radical (unpaired) electrons. The molecule has 0 saturated heterocycles. The Morgan fingerprint density at radius 3 is 3.13 bits per heavy atom. The SMILES string of the molecule is COCc1c(C)nc2sc3c(n12)CCC3. The smallest absolute Gasteiger partial charge is 0.194 e. The number of methoxy groups -OCH3 is 1. The number of rotatable bonds is 2. The van der Waals surface area contributed by atoms with Crippen molar-refractivity contribution < 1.29 is 4.74 Å². The molecule has 3 rings (SSSR count). The van der Waals surface area contributed by atoms with E-state index in [2.05, 4.69) is 16.3 Å². The van der Waals surface area contributed by atoms with Crippen LogP contribution >= 0.6 is 11.3 Å². The number of aromatic nitrogens is 2. The molecule has 0 N–H and O–H groups in total. The Morgan fingerprint density at radius 1 is 1.47 bits per heavy atom. The molecular formula is C11H14N2OS. The van der Waals surface area contributed by atoms with Crippen molar-refractivity contribution in [2.45, 2.75) is 32.8 Å². The minimum Gasteiger partial charge on any atom is -0.378 e. The van der Waals surface area contributed by atoms with Crippen LogP contribution < -0.4 is 0 Å². The molecule has 0 fully saturated rings. The lowest BCUT2D eigenvalue weighted by Crippen LogP contribution is -1.98. The van der Waals surface area contributed by atoms with Gasteiger partial charge in [0.1, 0.15) is 0 Å². The fourth-order valence-corrected chi connectivity index (χ4v) is 3.62. The zero-order valence-corrected chi connectivity index (χ0v) is 9.86. The Morgan fingerprint density at radius 2 is 2.33 bits per heavy atom. The highest BCUT2D eigenvalue weighted by Crippen LogP contribution is 2.32. The lowest BCUT2D eigenvalue weighted by Gasteiger charge is -2.01. The van der Waals surface area contributed by atoms with E-state index in [9.17, 15) is 0 Å². The lowest BCUT2D eigenvalue weighted by molar-refractivity contribution is 0.180. The highest BCUT2D eigenvalue weighted by Gasteiger charge is 2.21. The molecule has 0 saturated carbocycles. The summed E-state index contributed by atoms with van der Waals surface area (Å²) in [5.74, 6) is 0. The highest BCUT2D eigenvalue weighted by molar-refractivity contribution is 7.17. The predicted molar refractivity (Wildman–Crippen MR) is 60.5 cm³/mol. The van der Waals surface area contributed by atoms with E-state index in [1.165, 1.54) is 35.5 Å². The average molecular weight is 222 g/mol. The van der Waals surface area contributed by atoms with Gasteiger partial charge < -0.3 is 4.74 Å². The molecule has 0 bridgehead atoms. The summed E-state index contributed by atoms with van der Waals surface area (Å²) in [4.78, 5) is 7.26. The first-order chi connectivity index (χ1) is 7.31. The number of nitrogens with zero attached hydrogens (tertiary/aromatic N) is 2. The molecule has 3 nitrogen and oxygen atoms in total. The van der Waals surface area contributed by atoms with Crippen molar-refractivity contribution in [2.24, 2.45) is 0 Å². The van der Waals surface area contributed by atoms with Gasteiger partial charge in [-0.1, -0.05) is 0 Å². The van der Waals surface area contributed by atoms with E-state index in [4.69, 9.17) is 4.74 Å². The van der Waals surface area contributed by atoms with Crippen LogP contribution in [0.3, 0.4) is 0 Å². The molecule has 1 aliphatic rings. The van der Waals surface area contributed by atoms with Crippen LogP contribution in [0.5, 0.6) is 0 Å². The number of thiazole rings is 1. The second-order valence-corrected chi connectivity index (χ2v) is 5.08. The second kappa shape index (κ2) is 3.32. The molecule has 15 heavy (non-hydrogen) atoms. The van der Waals surface area contributed by atoms with Gasteiger partial charge in [0.25, 0.3) is 0 Å². The lowest BCUT2D eigenvalue weighted by atomic mass is 10.3. The highest BCUT2D eigenvalue weighted by atomic mass is 32.1. The van der Waals surface area contributed by atoms with E-state index in [0.29, 0.717) is 6.61 Å². The largest absolute Gasteiger partial charge is 0.378 e. The number of aryl methyl sites for hydroxylation is 3. The van der Waals surface area contributed by atoms with Gasteiger partial charge in [-0.25, -0.2) is 4.98 Å². The van der Waals surface area contributed by atoms with Crippen LogP contribution in [0.2, 0.25) is 0 Å². The first kappa shape index (κ1) is 9.36. The zero-order chi connectivity index (χ0) is 10.4. The van der Waals surface area contributed by atoms with Crippen LogP contribution in [-0.4, -0.2) is 16.5 Å². The Hall–Kier alpha value is -0.870. The van der Waals surface area contributed by atoms with E-state index in [1.54, 1.807) is 7.11 Å².